The van der Waals surface area contributed by atoms with Gasteiger partial charge in [-0.3, -0.25) is 0 Å². The zero-order chi connectivity index (χ0) is 85.6. The molecule has 0 saturated carbocycles. The van der Waals surface area contributed by atoms with E-state index in [-0.39, 0.29) is 42.3 Å². The van der Waals surface area contributed by atoms with Crippen LogP contribution < -0.4 is 44.8 Å². The van der Waals surface area contributed by atoms with Crippen LogP contribution in [0.3, 0.4) is 0 Å². The zero-order valence-electron chi connectivity index (χ0n) is 69.9. The number of nitrogens with zero attached hydrogens (tertiary/aromatic N) is 15. The van der Waals surface area contributed by atoms with Crippen molar-refractivity contribution in [2.24, 2.45) is 0 Å². The lowest BCUT2D eigenvalue weighted by atomic mass is 9.99. The summed E-state index contributed by atoms with van der Waals surface area (Å²) in [5.74, 6) is 6.88. The Morgan fingerprint density at radius 1 is 0.446 bits per heavy atom. The molecule has 0 bridgehead atoms. The van der Waals surface area contributed by atoms with Gasteiger partial charge in [0, 0.05) is 141 Å². The Balaban J connectivity index is 0.000000154. The average molecular weight is 1670 g/mol. The number of benzene rings is 3. The summed E-state index contributed by atoms with van der Waals surface area (Å²) in [5, 5.41) is 35.7. The van der Waals surface area contributed by atoms with Gasteiger partial charge < -0.3 is 83.2 Å². The fourth-order valence-corrected chi connectivity index (χ4v) is 14.8. The Kier molecular flexibility index (Phi) is 30.2. The molecule has 3 aromatic carbocycles. The molecule has 12 heterocycles. The van der Waals surface area contributed by atoms with Crippen LogP contribution in [0.2, 0.25) is 5.15 Å². The number of nitrogens with two attached hydrogens (primary N) is 1. The van der Waals surface area contributed by atoms with Gasteiger partial charge in [0.1, 0.15) is 118 Å². The first-order valence-corrected chi connectivity index (χ1v) is 40.9. The number of nitrogen functional groups attached to an aromatic ring is 1. The first-order valence-electron chi connectivity index (χ1n) is 40.5. The maximum Gasteiger partial charge on any atom is 0.410 e. The molecule has 121 heavy (non-hydrogen) atoms. The first-order chi connectivity index (χ1) is 58.4. The fourth-order valence-electron chi connectivity index (χ4n) is 14.6. The summed E-state index contributed by atoms with van der Waals surface area (Å²) in [7, 11) is 6.95. The molecule has 6 aliphatic rings. The summed E-state index contributed by atoms with van der Waals surface area (Å²) in [6, 6.07) is 40.0. The van der Waals surface area contributed by atoms with Crippen molar-refractivity contribution in [3.63, 3.8) is 0 Å². The van der Waals surface area contributed by atoms with Crippen molar-refractivity contribution in [2.75, 3.05) is 124 Å². The standard InChI is InChI=1S/C31H36N6O5.C27H30N6O3.C16H14ClN3O2.C15H23N3O3/c1-31(2,3)42-30(38)37-12-9-21(18-37)24-6-8-27(36-29(24)39-4)35-28-16-25(33-19-34-28)20-5-7-26(22(15-20)17-32)41-23-10-13-40-14-11-23;1-33-10-7-19(16-33)22-4-6-25(32-27(22)34-2)31-26-14-23(29-17-30-26)18-3-5-24(20(13-18)15-28)36-21-8-11-35-12-9-21;17-16-8-14(19-10-20-16)11-1-2-15(12(7-11)9-18)22-13-3-5-21-6-4-13;1-15(2,3)21-14(19)18-8-7-10(9-18)11-5-6-12(16)17-13(11)20-4/h5-8,15-16,19,21,23H,9-14,18H2,1-4H3,(H,33,34,35,36);3-6,13-14,17,19,21H,7-12,16H2,1-2H3,(H,29,30,31,32);1-2,7-8,10,13H,3-6H2;5-6,10H,7-9H2,1-4H3,(H2,16,17). The Hall–Kier alpha value is -12.3. The Morgan fingerprint density at radius 2 is 0.802 bits per heavy atom. The summed E-state index contributed by atoms with van der Waals surface area (Å²) >= 11 is 5.88. The van der Waals surface area contributed by atoms with Crippen molar-refractivity contribution < 1.29 is 61.7 Å². The monoisotopic (exact) mass is 1670 g/mol. The van der Waals surface area contributed by atoms with Crippen molar-refractivity contribution in [1.82, 2.24) is 59.6 Å². The minimum Gasteiger partial charge on any atom is -0.489 e. The number of rotatable bonds is 19. The highest BCUT2D eigenvalue weighted by molar-refractivity contribution is 6.29. The molecule has 15 rings (SSSR count). The van der Waals surface area contributed by atoms with E-state index in [0.717, 1.165) is 104 Å². The number of anilines is 5. The Labute approximate surface area is 710 Å². The van der Waals surface area contributed by atoms with Crippen molar-refractivity contribution in [2.45, 2.75) is 147 Å². The number of hydrogen-bond donors (Lipinski definition) is 3. The molecular formula is C89H103ClN18O13. The van der Waals surface area contributed by atoms with E-state index in [2.05, 4.69) is 91.7 Å². The number of amides is 2. The van der Waals surface area contributed by atoms with Gasteiger partial charge in [0.15, 0.2) is 0 Å². The number of aromatic nitrogens is 9. The van der Waals surface area contributed by atoms with Crippen LogP contribution in [0.15, 0.2) is 128 Å². The second kappa shape index (κ2) is 41.6. The number of ether oxygens (including phenoxy) is 11. The molecular weight excluding hydrogens is 1560 g/mol. The van der Waals surface area contributed by atoms with Gasteiger partial charge in [0.05, 0.1) is 94.7 Å². The summed E-state index contributed by atoms with van der Waals surface area (Å²) < 4.78 is 61.6. The van der Waals surface area contributed by atoms with Crippen molar-refractivity contribution >= 4 is 52.9 Å². The predicted octanol–water partition coefficient (Wildman–Crippen LogP) is 15.2. The maximum atomic E-state index is 12.5. The third kappa shape index (κ3) is 24.7. The Morgan fingerprint density at radius 3 is 1.16 bits per heavy atom. The number of nitriles is 3. The van der Waals surface area contributed by atoms with Crippen molar-refractivity contribution in [3.05, 3.63) is 167 Å². The molecule has 3 unspecified atom stereocenters. The number of carbonyl (C=O) groups excluding carboxylic acids is 2. The van der Waals surface area contributed by atoms with E-state index in [1.807, 2.05) is 102 Å². The van der Waals surface area contributed by atoms with E-state index in [1.165, 1.54) is 19.0 Å². The van der Waals surface area contributed by atoms with E-state index >= 15 is 0 Å². The molecule has 32 heteroatoms. The molecule has 634 valence electrons. The number of carbonyl (C=O) groups is 2. The molecule has 0 aliphatic carbocycles. The molecule has 6 aromatic heterocycles. The van der Waals surface area contributed by atoms with Crippen LogP contribution in [0.25, 0.3) is 33.8 Å². The number of likely N-dealkylation sites (N-methyl/N-ethyl adjacent to an activating group) is 1. The molecule has 31 nitrogen and oxygen atoms in total. The summed E-state index contributed by atoms with van der Waals surface area (Å²) in [6.07, 6.45) is 11.7. The van der Waals surface area contributed by atoms with E-state index in [4.69, 9.17) is 69.4 Å². The number of nitrogens with one attached hydrogen (secondary N) is 2. The van der Waals surface area contributed by atoms with E-state index in [9.17, 15) is 25.4 Å². The molecule has 2 amide bonds. The third-order valence-corrected chi connectivity index (χ3v) is 20.9. The zero-order valence-corrected chi connectivity index (χ0v) is 70.7. The minimum atomic E-state index is -0.539. The van der Waals surface area contributed by atoms with Gasteiger partial charge in [-0.1, -0.05) is 11.6 Å². The summed E-state index contributed by atoms with van der Waals surface area (Å²) in [4.78, 5) is 69.4. The lowest BCUT2D eigenvalue weighted by Crippen LogP contribution is -2.35. The molecule has 0 spiro atoms. The van der Waals surface area contributed by atoms with E-state index in [0.29, 0.717) is 175 Å². The fraction of sp³-hybridized carbons (Fsp3) is 0.438. The highest BCUT2D eigenvalue weighted by atomic mass is 35.5. The highest BCUT2D eigenvalue weighted by Crippen LogP contribution is 2.39. The number of pyridine rings is 3. The van der Waals surface area contributed by atoms with Gasteiger partial charge in [-0.2, -0.15) is 30.7 Å². The molecule has 6 fully saturated rings. The van der Waals surface area contributed by atoms with Gasteiger partial charge in [-0.25, -0.2) is 39.5 Å². The topological polar surface area (TPSA) is 383 Å². The molecule has 3 atom stereocenters. The number of methoxy groups -OCH3 is 3. The van der Waals surface area contributed by atoms with Crippen molar-refractivity contribution in [3.8, 4) is 86.9 Å². The quantitative estimate of drug-likeness (QED) is 0.0633. The van der Waals surface area contributed by atoms with Gasteiger partial charge in [0.2, 0.25) is 17.6 Å². The minimum absolute atomic E-state index is 0.0417. The van der Waals surface area contributed by atoms with Crippen LogP contribution in [0.4, 0.5) is 38.7 Å². The highest BCUT2D eigenvalue weighted by Gasteiger charge is 2.35. The van der Waals surface area contributed by atoms with E-state index in [1.54, 1.807) is 73.6 Å². The average Bonchev–Trinajstić information content (AvgIpc) is 1.17. The predicted molar refractivity (Wildman–Crippen MR) is 453 cm³/mol. The molecule has 6 aliphatic heterocycles. The molecule has 0 radical (unpaired) electrons. The number of hydrogen-bond acceptors (Lipinski definition) is 29. The normalized spacial score (nSPS) is 17.6. The second-order valence-corrected chi connectivity index (χ2v) is 32.2. The van der Waals surface area contributed by atoms with Crippen molar-refractivity contribution in [1.29, 1.82) is 15.8 Å². The molecule has 9 aromatic rings. The molecule has 6 saturated heterocycles. The van der Waals surface area contributed by atoms with Gasteiger partial charge >= 0.3 is 12.2 Å². The van der Waals surface area contributed by atoms with Crippen LogP contribution in [0, 0.1) is 34.0 Å². The summed E-state index contributed by atoms with van der Waals surface area (Å²) in [6.45, 7) is 19.8. The van der Waals surface area contributed by atoms with Gasteiger partial charge in [-0.15, -0.1) is 0 Å². The van der Waals surface area contributed by atoms with E-state index < -0.39 is 11.2 Å². The number of halogens is 1. The number of likely N-dealkylation sites (tertiary alicyclic amines) is 3. The largest absolute Gasteiger partial charge is 0.489 e. The maximum absolute atomic E-state index is 12.5. The lowest BCUT2D eigenvalue weighted by Gasteiger charge is -2.24. The van der Waals surface area contributed by atoms with Gasteiger partial charge in [-0.05, 0) is 165 Å². The van der Waals surface area contributed by atoms with Crippen LogP contribution in [0.1, 0.15) is 150 Å². The van der Waals surface area contributed by atoms with Crippen LogP contribution in [0.5, 0.6) is 34.9 Å². The van der Waals surface area contributed by atoms with Crippen LogP contribution in [-0.2, 0) is 23.7 Å². The van der Waals surface area contributed by atoms with Crippen LogP contribution >= 0.6 is 11.6 Å². The lowest BCUT2D eigenvalue weighted by molar-refractivity contribution is 0.0252. The third-order valence-electron chi connectivity index (χ3n) is 20.7. The first kappa shape index (κ1) is 88.0. The van der Waals surface area contributed by atoms with Crippen LogP contribution in [-0.4, -0.2) is 209 Å². The second-order valence-electron chi connectivity index (χ2n) is 31.8. The smallest absolute Gasteiger partial charge is 0.410 e. The SMILES string of the molecule is COc1nc(N)ccc1C1CCN(C(=O)OC(C)(C)C)C1.COc1nc(Nc2cc(-c3ccc(OC4CCOCC4)c(C#N)c3)ncn2)ccc1C1CCN(C(=O)OC(C)(C)C)C1.COc1nc(Nc2cc(-c3ccc(OC4CCOCC4)c(C#N)c3)ncn2)ccc1C1CCN(C)C1.N#Cc1cc(-c2cc(Cl)ncn2)ccc1OC1CCOCC1. The Bertz CT molecular complexity index is 5170. The molecule has 4 N–H and O–H groups in total. The van der Waals surface area contributed by atoms with Gasteiger partial charge in [0.25, 0.3) is 0 Å². The summed E-state index contributed by atoms with van der Waals surface area (Å²) in [5.41, 5.74) is 13.5.